The number of benzene rings is 2. The van der Waals surface area contributed by atoms with Crippen LogP contribution in [0, 0.1) is 11.3 Å². The van der Waals surface area contributed by atoms with Crippen LogP contribution >= 0.6 is 0 Å². The minimum atomic E-state index is -0.877. The third kappa shape index (κ3) is 5.90. The number of ether oxygens (including phenoxy) is 3. The number of hydrogen-bond donors (Lipinski definition) is 1. The molecule has 0 fully saturated rings. The lowest BCUT2D eigenvalue weighted by Crippen LogP contribution is -2.21. The van der Waals surface area contributed by atoms with E-state index in [-0.39, 0.29) is 5.57 Å². The summed E-state index contributed by atoms with van der Waals surface area (Å²) in [6.45, 7) is -0.507. The standard InChI is InChI=1S/C20H18N2O5/c1-25-17-7-3-14(4-8-17)11-15(12-21)20(24)27-13-19(23)22-16-5-9-18(26-2)10-6-16/h3-11H,13H2,1-2H3,(H,22,23). The van der Waals surface area contributed by atoms with Crippen molar-refractivity contribution in [3.8, 4) is 17.6 Å². The zero-order valence-electron chi connectivity index (χ0n) is 14.9. The van der Waals surface area contributed by atoms with Crippen molar-refractivity contribution < 1.29 is 23.8 Å². The van der Waals surface area contributed by atoms with Gasteiger partial charge in [-0.1, -0.05) is 12.1 Å². The largest absolute Gasteiger partial charge is 0.497 e. The van der Waals surface area contributed by atoms with E-state index in [1.54, 1.807) is 68.8 Å². The van der Waals surface area contributed by atoms with Gasteiger partial charge in [0.1, 0.15) is 23.1 Å². The quantitative estimate of drug-likeness (QED) is 0.460. The molecule has 0 aliphatic rings. The second-order valence-electron chi connectivity index (χ2n) is 5.30. The van der Waals surface area contributed by atoms with E-state index in [1.807, 2.05) is 0 Å². The number of nitrogens with zero attached hydrogens (tertiary/aromatic N) is 1. The van der Waals surface area contributed by atoms with Crippen LogP contribution in [0.3, 0.4) is 0 Å². The van der Waals surface area contributed by atoms with Crippen LogP contribution in [0.2, 0.25) is 0 Å². The van der Waals surface area contributed by atoms with E-state index in [2.05, 4.69) is 5.32 Å². The van der Waals surface area contributed by atoms with Crippen molar-refractivity contribution in [3.05, 3.63) is 59.7 Å². The fourth-order valence-corrected chi connectivity index (χ4v) is 2.08. The lowest BCUT2D eigenvalue weighted by Gasteiger charge is -2.07. The predicted octanol–water partition coefficient (Wildman–Crippen LogP) is 2.79. The van der Waals surface area contributed by atoms with Crippen LogP contribution in [0.5, 0.6) is 11.5 Å². The first-order valence-electron chi connectivity index (χ1n) is 7.92. The molecule has 0 unspecified atom stereocenters. The van der Waals surface area contributed by atoms with Crippen molar-refractivity contribution in [1.82, 2.24) is 0 Å². The molecule has 2 rings (SSSR count). The molecule has 138 valence electrons. The molecule has 0 radical (unpaired) electrons. The summed E-state index contributed by atoms with van der Waals surface area (Å²) in [5, 5.41) is 11.7. The van der Waals surface area contributed by atoms with Crippen molar-refractivity contribution in [2.75, 3.05) is 26.1 Å². The Morgan fingerprint density at radius 3 is 2.07 bits per heavy atom. The SMILES string of the molecule is COc1ccc(C=C(C#N)C(=O)OCC(=O)Nc2ccc(OC)cc2)cc1. The van der Waals surface area contributed by atoms with Gasteiger partial charge in [-0.2, -0.15) is 5.26 Å². The van der Waals surface area contributed by atoms with Crippen LogP contribution in [0.15, 0.2) is 54.1 Å². The molecule has 0 aromatic heterocycles. The molecule has 1 N–H and O–H groups in total. The Morgan fingerprint density at radius 1 is 1.00 bits per heavy atom. The average molecular weight is 366 g/mol. The molecule has 0 aliphatic carbocycles. The van der Waals surface area contributed by atoms with Gasteiger partial charge in [0.05, 0.1) is 14.2 Å². The van der Waals surface area contributed by atoms with Crippen molar-refractivity contribution in [3.63, 3.8) is 0 Å². The van der Waals surface area contributed by atoms with Crippen molar-refractivity contribution in [2.24, 2.45) is 0 Å². The Hall–Kier alpha value is -3.79. The Bertz CT molecular complexity index is 865. The maximum atomic E-state index is 12.0. The molecule has 0 atom stereocenters. The number of amides is 1. The smallest absolute Gasteiger partial charge is 0.349 e. The monoisotopic (exact) mass is 366 g/mol. The number of nitriles is 1. The third-order valence-corrected chi connectivity index (χ3v) is 3.48. The van der Waals surface area contributed by atoms with Crippen LogP contribution in [0.4, 0.5) is 5.69 Å². The van der Waals surface area contributed by atoms with Gasteiger partial charge in [0.15, 0.2) is 6.61 Å². The lowest BCUT2D eigenvalue weighted by molar-refractivity contribution is -0.142. The van der Waals surface area contributed by atoms with Crippen molar-refractivity contribution in [1.29, 1.82) is 5.26 Å². The highest BCUT2D eigenvalue weighted by atomic mass is 16.5. The van der Waals surface area contributed by atoms with Crippen LogP contribution < -0.4 is 14.8 Å². The van der Waals surface area contributed by atoms with E-state index in [0.29, 0.717) is 22.7 Å². The van der Waals surface area contributed by atoms with Gasteiger partial charge >= 0.3 is 5.97 Å². The number of hydrogen-bond acceptors (Lipinski definition) is 6. The molecule has 0 bridgehead atoms. The average Bonchev–Trinajstić information content (AvgIpc) is 2.71. The van der Waals surface area contributed by atoms with E-state index in [4.69, 9.17) is 19.5 Å². The zero-order valence-corrected chi connectivity index (χ0v) is 14.9. The molecule has 0 heterocycles. The summed E-state index contributed by atoms with van der Waals surface area (Å²) < 4.78 is 15.0. The molecule has 7 nitrogen and oxygen atoms in total. The summed E-state index contributed by atoms with van der Waals surface area (Å²) in [6, 6.07) is 15.3. The van der Waals surface area contributed by atoms with Gasteiger partial charge in [-0.3, -0.25) is 4.79 Å². The molecule has 2 aromatic carbocycles. The molecule has 27 heavy (non-hydrogen) atoms. The normalized spacial score (nSPS) is 10.5. The van der Waals surface area contributed by atoms with Gasteiger partial charge < -0.3 is 19.5 Å². The minimum Gasteiger partial charge on any atom is -0.497 e. The number of anilines is 1. The first-order valence-corrected chi connectivity index (χ1v) is 7.92. The highest BCUT2D eigenvalue weighted by Gasteiger charge is 2.13. The molecular weight excluding hydrogens is 348 g/mol. The van der Waals surface area contributed by atoms with Crippen LogP contribution in [-0.4, -0.2) is 32.7 Å². The predicted molar refractivity (Wildman–Crippen MR) is 99.2 cm³/mol. The summed E-state index contributed by atoms with van der Waals surface area (Å²) in [7, 11) is 3.08. The van der Waals surface area contributed by atoms with E-state index >= 15 is 0 Å². The van der Waals surface area contributed by atoms with Crippen LogP contribution in [0.25, 0.3) is 6.08 Å². The molecule has 1 amide bonds. The van der Waals surface area contributed by atoms with Crippen molar-refractivity contribution >= 4 is 23.6 Å². The van der Waals surface area contributed by atoms with E-state index in [0.717, 1.165) is 0 Å². The third-order valence-electron chi connectivity index (χ3n) is 3.48. The molecular formula is C20H18N2O5. The highest BCUT2D eigenvalue weighted by molar-refractivity contribution is 6.00. The van der Waals surface area contributed by atoms with Crippen LogP contribution in [-0.2, 0) is 14.3 Å². The molecule has 7 heteroatoms. The van der Waals surface area contributed by atoms with E-state index in [9.17, 15) is 9.59 Å². The fraction of sp³-hybridized carbons (Fsp3) is 0.150. The van der Waals surface area contributed by atoms with Gasteiger partial charge in [-0.25, -0.2) is 4.79 Å². The molecule has 0 spiro atoms. The fourth-order valence-electron chi connectivity index (χ4n) is 2.08. The summed E-state index contributed by atoms with van der Waals surface area (Å²) >= 11 is 0. The first-order chi connectivity index (χ1) is 13.0. The second kappa shape index (κ2) is 9.63. The number of nitrogens with one attached hydrogen (secondary N) is 1. The molecule has 0 saturated heterocycles. The van der Waals surface area contributed by atoms with Crippen molar-refractivity contribution in [2.45, 2.75) is 0 Å². The summed E-state index contributed by atoms with van der Waals surface area (Å²) in [5.74, 6) is -0.0846. The van der Waals surface area contributed by atoms with Gasteiger partial charge in [-0.05, 0) is 48.0 Å². The van der Waals surface area contributed by atoms with E-state index in [1.165, 1.54) is 6.08 Å². The Morgan fingerprint density at radius 2 is 1.56 bits per heavy atom. The first kappa shape index (κ1) is 19.5. The molecule has 0 saturated carbocycles. The zero-order chi connectivity index (χ0) is 19.6. The second-order valence-corrected chi connectivity index (χ2v) is 5.30. The number of rotatable bonds is 7. The summed E-state index contributed by atoms with van der Waals surface area (Å²) in [5.41, 5.74) is 0.954. The lowest BCUT2D eigenvalue weighted by atomic mass is 10.1. The minimum absolute atomic E-state index is 0.211. The number of esters is 1. The Kier molecular flexibility index (Phi) is 6.97. The van der Waals surface area contributed by atoms with Gasteiger partial charge in [0.2, 0.25) is 0 Å². The maximum absolute atomic E-state index is 12.0. The molecule has 2 aromatic rings. The Balaban J connectivity index is 1.92. The maximum Gasteiger partial charge on any atom is 0.349 e. The van der Waals surface area contributed by atoms with Crippen LogP contribution in [0.1, 0.15) is 5.56 Å². The topological polar surface area (TPSA) is 97.6 Å². The number of carbonyl (C=O) groups is 2. The highest BCUT2D eigenvalue weighted by Crippen LogP contribution is 2.16. The van der Waals surface area contributed by atoms with Gasteiger partial charge in [-0.15, -0.1) is 0 Å². The number of carbonyl (C=O) groups excluding carboxylic acids is 2. The Labute approximate surface area is 156 Å². The van der Waals surface area contributed by atoms with Gasteiger partial charge in [0, 0.05) is 5.69 Å². The summed E-state index contributed by atoms with van der Waals surface area (Å²) in [4.78, 5) is 23.9. The van der Waals surface area contributed by atoms with E-state index < -0.39 is 18.5 Å². The van der Waals surface area contributed by atoms with Gasteiger partial charge in [0.25, 0.3) is 5.91 Å². The molecule has 0 aliphatic heterocycles. The number of methoxy groups -OCH3 is 2. The summed E-state index contributed by atoms with van der Waals surface area (Å²) in [6.07, 6.45) is 1.38.